The van der Waals surface area contributed by atoms with Crippen molar-refractivity contribution in [1.29, 1.82) is 0 Å². The van der Waals surface area contributed by atoms with Gasteiger partial charge in [-0.25, -0.2) is 0 Å². The molecule has 3 aromatic rings. The van der Waals surface area contributed by atoms with Gasteiger partial charge in [0.05, 0.1) is 0 Å². The Balaban J connectivity index is 1.36. The zero-order valence-electron chi connectivity index (χ0n) is 15.3. The van der Waals surface area contributed by atoms with Crippen LogP contribution < -0.4 is 0 Å². The number of rotatable bonds is 5. The highest BCUT2D eigenvalue weighted by molar-refractivity contribution is 6.31. The average molecular weight is 384 g/mol. The molecule has 27 heavy (non-hydrogen) atoms. The van der Waals surface area contributed by atoms with Crippen LogP contribution >= 0.6 is 11.6 Å². The van der Waals surface area contributed by atoms with Crippen molar-refractivity contribution in [1.82, 2.24) is 14.8 Å². The number of nitrogens with zero attached hydrogens (tertiary/aromatic N) is 3. The van der Waals surface area contributed by atoms with Gasteiger partial charge in [-0.05, 0) is 55.3 Å². The fourth-order valence-electron chi connectivity index (χ4n) is 3.75. The molecule has 0 saturated carbocycles. The lowest BCUT2D eigenvalue weighted by Crippen LogP contribution is -2.31. The van der Waals surface area contributed by atoms with Gasteiger partial charge in [0.2, 0.25) is 0 Å². The summed E-state index contributed by atoms with van der Waals surface area (Å²) in [5.41, 5.74) is 1.89. The van der Waals surface area contributed by atoms with Crippen LogP contribution in [0.1, 0.15) is 22.5 Å². The van der Waals surface area contributed by atoms with Gasteiger partial charge in [0.25, 0.3) is 5.91 Å². The second-order valence-electron chi connectivity index (χ2n) is 7.26. The van der Waals surface area contributed by atoms with Crippen LogP contribution in [0.4, 0.5) is 0 Å². The number of fused-ring (bicyclic) bond motifs is 1. The maximum Gasteiger partial charge on any atom is 0.289 e. The number of hydrogen-bond acceptors (Lipinski definition) is 4. The Morgan fingerprint density at radius 1 is 1.37 bits per heavy atom. The van der Waals surface area contributed by atoms with Crippen molar-refractivity contribution in [3.8, 4) is 0 Å². The molecule has 1 aromatic carbocycles. The van der Waals surface area contributed by atoms with Gasteiger partial charge in [0.1, 0.15) is 5.58 Å². The first-order valence-electron chi connectivity index (χ1n) is 9.14. The molecule has 0 spiro atoms. The number of benzene rings is 1. The van der Waals surface area contributed by atoms with Crippen molar-refractivity contribution in [3.63, 3.8) is 0 Å². The number of hydrogen-bond donors (Lipinski definition) is 0. The average Bonchev–Trinajstić information content (AvgIpc) is 3.28. The smallest absolute Gasteiger partial charge is 0.289 e. The zero-order valence-corrected chi connectivity index (χ0v) is 16.0. The Kier molecular flexibility index (Phi) is 5.14. The predicted molar refractivity (Wildman–Crippen MR) is 106 cm³/mol. The van der Waals surface area contributed by atoms with E-state index in [1.807, 2.05) is 23.2 Å². The summed E-state index contributed by atoms with van der Waals surface area (Å²) in [5.74, 6) is 0.811. The first-order valence-corrected chi connectivity index (χ1v) is 9.52. The summed E-state index contributed by atoms with van der Waals surface area (Å²) >= 11 is 6.01. The van der Waals surface area contributed by atoms with Gasteiger partial charge in [-0.15, -0.1) is 0 Å². The number of carbonyl (C=O) groups is 1. The standard InChI is InChI=1S/C21H22ClN3O2/c1-24(12-15-3-2-7-23-11-15)13-16-6-8-25(14-16)21(26)20-10-17-9-18(22)4-5-19(17)27-20/h2-5,7,9-11,16H,6,8,12-14H2,1H3. The summed E-state index contributed by atoms with van der Waals surface area (Å²) in [6, 6.07) is 11.2. The van der Waals surface area contributed by atoms with Crippen molar-refractivity contribution in [2.45, 2.75) is 13.0 Å². The molecule has 1 atom stereocenters. The van der Waals surface area contributed by atoms with Crippen molar-refractivity contribution in [2.75, 3.05) is 26.7 Å². The molecule has 1 aliphatic heterocycles. The summed E-state index contributed by atoms with van der Waals surface area (Å²) in [6.45, 7) is 3.34. The highest BCUT2D eigenvalue weighted by atomic mass is 35.5. The van der Waals surface area contributed by atoms with E-state index in [2.05, 4.69) is 23.0 Å². The maximum absolute atomic E-state index is 12.8. The summed E-state index contributed by atoms with van der Waals surface area (Å²) in [4.78, 5) is 21.1. The number of amides is 1. The molecule has 0 aliphatic carbocycles. The molecule has 1 unspecified atom stereocenters. The van der Waals surface area contributed by atoms with E-state index in [0.29, 0.717) is 22.3 Å². The molecule has 2 aromatic heterocycles. The summed E-state index contributed by atoms with van der Waals surface area (Å²) in [5, 5.41) is 1.50. The quantitative estimate of drug-likeness (QED) is 0.666. The molecule has 0 bridgehead atoms. The van der Waals surface area contributed by atoms with Crippen molar-refractivity contribution in [3.05, 3.63) is 65.1 Å². The van der Waals surface area contributed by atoms with Crippen LogP contribution in [0.15, 0.2) is 53.2 Å². The SMILES string of the molecule is CN(Cc1cccnc1)CC1CCN(C(=O)c2cc3cc(Cl)ccc3o2)C1. The lowest BCUT2D eigenvalue weighted by Gasteiger charge is -2.21. The van der Waals surface area contributed by atoms with Crippen LogP contribution in [0.25, 0.3) is 11.0 Å². The molecular weight excluding hydrogens is 362 g/mol. The Morgan fingerprint density at radius 3 is 3.07 bits per heavy atom. The van der Waals surface area contributed by atoms with E-state index in [4.69, 9.17) is 16.0 Å². The van der Waals surface area contributed by atoms with Gasteiger partial charge < -0.3 is 14.2 Å². The Hall–Kier alpha value is -2.37. The molecule has 0 N–H and O–H groups in total. The minimum atomic E-state index is -0.0419. The number of pyridine rings is 1. The second kappa shape index (κ2) is 7.71. The summed E-state index contributed by atoms with van der Waals surface area (Å²) < 4.78 is 5.73. The third-order valence-electron chi connectivity index (χ3n) is 5.01. The van der Waals surface area contributed by atoms with Gasteiger partial charge in [0.15, 0.2) is 5.76 Å². The highest BCUT2D eigenvalue weighted by Gasteiger charge is 2.29. The Bertz CT molecular complexity index is 941. The fraction of sp³-hybridized carbons (Fsp3) is 0.333. The van der Waals surface area contributed by atoms with Crippen LogP contribution in [0.2, 0.25) is 5.02 Å². The van der Waals surface area contributed by atoms with Gasteiger partial charge in [-0.3, -0.25) is 9.78 Å². The van der Waals surface area contributed by atoms with Gasteiger partial charge in [-0.1, -0.05) is 17.7 Å². The lowest BCUT2D eigenvalue weighted by molar-refractivity contribution is 0.0755. The third kappa shape index (κ3) is 4.15. The van der Waals surface area contributed by atoms with Crippen LogP contribution in [0, 0.1) is 5.92 Å². The second-order valence-corrected chi connectivity index (χ2v) is 7.69. The molecule has 140 valence electrons. The first-order chi connectivity index (χ1) is 13.1. The zero-order chi connectivity index (χ0) is 18.8. The molecule has 5 nitrogen and oxygen atoms in total. The topological polar surface area (TPSA) is 49.6 Å². The van der Waals surface area contributed by atoms with E-state index >= 15 is 0 Å². The van der Waals surface area contributed by atoms with Crippen LogP contribution in [0.3, 0.4) is 0 Å². The number of likely N-dealkylation sites (tertiary alicyclic amines) is 1. The summed E-state index contributed by atoms with van der Waals surface area (Å²) in [7, 11) is 2.11. The van der Waals surface area contributed by atoms with E-state index in [0.717, 1.165) is 38.0 Å². The highest BCUT2D eigenvalue weighted by Crippen LogP contribution is 2.26. The number of halogens is 1. The molecule has 1 saturated heterocycles. The third-order valence-corrected chi connectivity index (χ3v) is 5.24. The van der Waals surface area contributed by atoms with Crippen LogP contribution in [-0.4, -0.2) is 47.4 Å². The molecule has 4 rings (SSSR count). The molecule has 0 radical (unpaired) electrons. The van der Waals surface area contributed by atoms with Gasteiger partial charge in [0, 0.05) is 49.0 Å². The molecular formula is C21H22ClN3O2. The van der Waals surface area contributed by atoms with E-state index in [1.54, 1.807) is 24.4 Å². The molecule has 1 fully saturated rings. The molecule has 3 heterocycles. The van der Waals surface area contributed by atoms with Crippen LogP contribution in [-0.2, 0) is 6.54 Å². The Morgan fingerprint density at radius 2 is 2.26 bits per heavy atom. The minimum Gasteiger partial charge on any atom is -0.451 e. The van der Waals surface area contributed by atoms with Crippen molar-refractivity contribution in [2.24, 2.45) is 5.92 Å². The first kappa shape index (κ1) is 18.0. The van der Waals surface area contributed by atoms with Crippen molar-refractivity contribution < 1.29 is 9.21 Å². The fourth-order valence-corrected chi connectivity index (χ4v) is 3.93. The summed E-state index contributed by atoms with van der Waals surface area (Å²) in [6.07, 6.45) is 4.69. The lowest BCUT2D eigenvalue weighted by atomic mass is 10.1. The maximum atomic E-state index is 12.8. The van der Waals surface area contributed by atoms with E-state index in [1.165, 1.54) is 5.56 Å². The Labute approximate surface area is 163 Å². The van der Waals surface area contributed by atoms with Gasteiger partial charge >= 0.3 is 0 Å². The van der Waals surface area contributed by atoms with E-state index in [9.17, 15) is 4.79 Å². The van der Waals surface area contributed by atoms with Gasteiger partial charge in [-0.2, -0.15) is 0 Å². The van der Waals surface area contributed by atoms with Crippen LogP contribution in [0.5, 0.6) is 0 Å². The van der Waals surface area contributed by atoms with E-state index in [-0.39, 0.29) is 5.91 Å². The predicted octanol–water partition coefficient (Wildman–Crippen LogP) is 4.08. The minimum absolute atomic E-state index is 0.0419. The number of furan rings is 1. The molecule has 1 aliphatic rings. The van der Waals surface area contributed by atoms with E-state index < -0.39 is 0 Å². The number of carbonyl (C=O) groups excluding carboxylic acids is 1. The number of aromatic nitrogens is 1. The largest absolute Gasteiger partial charge is 0.451 e. The molecule has 6 heteroatoms. The monoisotopic (exact) mass is 383 g/mol. The normalized spacial score (nSPS) is 17.1. The molecule has 1 amide bonds. The van der Waals surface area contributed by atoms with Crippen molar-refractivity contribution >= 4 is 28.5 Å².